The van der Waals surface area contributed by atoms with Crippen molar-refractivity contribution in [3.63, 3.8) is 0 Å². The zero-order valence-corrected chi connectivity index (χ0v) is 83.9. The smallest absolute Gasteiger partial charge is 0.870 e. The molecule has 0 saturated carbocycles. The summed E-state index contributed by atoms with van der Waals surface area (Å²) in [7, 11) is 2.73. The first-order valence-corrected chi connectivity index (χ1v) is 42.2. The van der Waals surface area contributed by atoms with Gasteiger partial charge >= 0.3 is 124 Å². The number of benzene rings is 7. The van der Waals surface area contributed by atoms with Gasteiger partial charge in [-0.3, -0.25) is 42.7 Å². The Morgan fingerprint density at radius 2 is 0.676 bits per heavy atom. The van der Waals surface area contributed by atoms with Crippen molar-refractivity contribution in [2.45, 2.75) is 252 Å². The van der Waals surface area contributed by atoms with Crippen LogP contribution in [0, 0.1) is 0 Å². The molecule has 14 N–H and O–H groups in total. The average molecular weight is 1960 g/mol. The van der Waals surface area contributed by atoms with E-state index in [0.29, 0.717) is 45.6 Å². The van der Waals surface area contributed by atoms with Crippen LogP contribution in [0.25, 0.3) is 0 Å². The Hall–Kier alpha value is -9.61. The number of unbranched alkanes of at least 4 members (excludes halogenated alkanes) is 6. The maximum absolute atomic E-state index is 11.3. The number of aryl methyl sites for hydroxylation is 3. The predicted octanol–water partition coefficient (Wildman–Crippen LogP) is 7.48. The van der Waals surface area contributed by atoms with Gasteiger partial charge in [0.25, 0.3) is 6.47 Å². The molecule has 36 heteroatoms. The number of aliphatic carboxylic acids is 3. The van der Waals surface area contributed by atoms with Crippen LogP contribution in [0.5, 0.6) is 40.2 Å². The van der Waals surface area contributed by atoms with Crippen LogP contribution in [0.15, 0.2) is 183 Å². The van der Waals surface area contributed by atoms with E-state index >= 15 is 0 Å². The van der Waals surface area contributed by atoms with E-state index in [1.54, 1.807) is 78.9 Å². The summed E-state index contributed by atoms with van der Waals surface area (Å²) < 4.78 is 55.6. The number of methoxy groups -OCH3 is 4. The molecule has 2 atom stereocenters. The van der Waals surface area contributed by atoms with Gasteiger partial charge in [-0.1, -0.05) is 289 Å². The quantitative estimate of drug-likeness (QED) is 0.00208. The van der Waals surface area contributed by atoms with Gasteiger partial charge in [-0.15, -0.1) is 6.58 Å². The number of rotatable bonds is 36. The molecule has 0 fully saturated rings. The second kappa shape index (κ2) is 106. The Morgan fingerprint density at radius 1 is 0.412 bits per heavy atom. The van der Waals surface area contributed by atoms with Gasteiger partial charge in [0, 0.05) is 60.0 Å². The second-order valence-corrected chi connectivity index (χ2v) is 26.8. The van der Waals surface area contributed by atoms with Crippen LogP contribution < -0.4 is 93.1 Å². The number of allylic oxidation sites excluding steroid dienone is 2. The number of carbonyl (C=O) groups excluding carboxylic acids is 6. The zero-order chi connectivity index (χ0) is 98.1. The Morgan fingerprint density at radius 3 is 0.949 bits per heavy atom. The van der Waals surface area contributed by atoms with Gasteiger partial charge in [-0.2, -0.15) is 8.42 Å². The second-order valence-electron chi connectivity index (χ2n) is 25.9. The Kier molecular flexibility index (Phi) is 125. The van der Waals surface area contributed by atoms with Gasteiger partial charge in [0.15, 0.2) is 0 Å². The first-order valence-electron chi connectivity index (χ1n) is 40.8. The number of aromatic hydroxyl groups is 6. The van der Waals surface area contributed by atoms with Gasteiger partial charge in [0.2, 0.25) is 0 Å². The summed E-state index contributed by atoms with van der Waals surface area (Å²) in [5, 5.41) is 117. The van der Waals surface area contributed by atoms with E-state index in [0.717, 1.165) is 138 Å². The molecule has 0 aliphatic rings. The fraction of sp³-hybridized carbons (Fsp3) is 0.440. The van der Waals surface area contributed by atoms with E-state index in [4.69, 9.17) is 63.0 Å². The van der Waals surface area contributed by atoms with E-state index < -0.39 is 28.3 Å². The van der Waals surface area contributed by atoms with Crippen LogP contribution in [-0.2, 0) is 143 Å². The summed E-state index contributed by atoms with van der Waals surface area (Å²) in [6.07, 6.45) is 22.7. The molecule has 7 aromatic rings. The Labute approximate surface area is 865 Å². The monoisotopic (exact) mass is 1960 g/mol. The fourth-order valence-electron chi connectivity index (χ4n) is 10.1. The number of ether oxygens (including phenoxy) is 5. The molecule has 0 aliphatic heterocycles. The number of carboxylic acid groups (broad SMARTS) is 3. The van der Waals surface area contributed by atoms with Crippen molar-refractivity contribution in [1.82, 2.24) is 0 Å². The fourth-order valence-corrected chi connectivity index (χ4v) is 10.1. The van der Waals surface area contributed by atoms with E-state index in [9.17, 15) is 64.2 Å². The molecular formula is C100H157LiNa2O32S. The number of carboxylic acids is 3. The van der Waals surface area contributed by atoms with Crippen LogP contribution in [-0.4, -0.2) is 182 Å². The largest absolute Gasteiger partial charge is 1.00 e. The van der Waals surface area contributed by atoms with Crippen molar-refractivity contribution in [2.75, 3.05) is 42.7 Å². The minimum Gasteiger partial charge on any atom is -0.870 e. The van der Waals surface area contributed by atoms with Crippen molar-refractivity contribution in [3.8, 4) is 40.2 Å². The number of esters is 4. The van der Waals surface area contributed by atoms with E-state index in [1.807, 2.05) is 101 Å². The molecule has 0 radical (unpaired) electrons. The molecule has 7 rings (SSSR count). The minimum absolute atomic E-state index is 0. The minimum atomic E-state index is -4.67. The molecule has 136 heavy (non-hydrogen) atoms. The van der Waals surface area contributed by atoms with Crippen LogP contribution in [0.4, 0.5) is 0 Å². The van der Waals surface area contributed by atoms with Crippen molar-refractivity contribution >= 4 is 58.7 Å². The molecule has 0 aromatic heterocycles. The molecule has 32 nitrogen and oxygen atoms in total. The molecule has 7 aromatic carbocycles. The number of phenols is 6. The summed E-state index contributed by atoms with van der Waals surface area (Å²) >= 11 is 0. The summed E-state index contributed by atoms with van der Waals surface area (Å²) in [4.78, 5) is 86.9. The van der Waals surface area contributed by atoms with Gasteiger partial charge in [-0.05, 0) is 110 Å². The summed E-state index contributed by atoms with van der Waals surface area (Å²) in [5.74, 6) is -2.73. The molecule has 0 aliphatic carbocycles. The molecule has 0 spiro atoms. The molecular weight excluding hydrogens is 1800 g/mol. The molecule has 0 amide bonds. The van der Waals surface area contributed by atoms with E-state index in [1.165, 1.54) is 46.6 Å². The maximum atomic E-state index is 11.3. The van der Waals surface area contributed by atoms with E-state index in [2.05, 4.69) is 64.7 Å². The topological polar surface area (TPSA) is 565 Å². The van der Waals surface area contributed by atoms with Crippen molar-refractivity contribution in [3.05, 3.63) is 244 Å². The first-order chi connectivity index (χ1) is 60.5. The Bertz CT molecular complexity index is 4240. The van der Waals surface area contributed by atoms with Crippen LogP contribution in [0.3, 0.4) is 0 Å². The number of aliphatic hydroxyl groups is 3. The number of hydrogen-bond donors (Lipinski definition) is 13. The summed E-state index contributed by atoms with van der Waals surface area (Å²) in [6, 6.07) is 42.1. The van der Waals surface area contributed by atoms with Crippen LogP contribution >= 0.6 is 0 Å². The standard InChI is InChI=1S/C14H18O3.C14H20O3.C14H18O3.2C13H18O3.C9H10O3.C8H8O3.C5H10O.C2H6.CH2O3.2CH4O.5CH4.Li.2Na.H2O4S.H2O/c1-4-12(5-2)17-13-9-7-6-8-11(13)10-14(15)16-3;2*1-3-4-5-7-11-8-6-9-12(14(11)16)10-13(15)17-2;2*1-2-3-4-6-10-7-5-8-11(13(10)16)9-12(14)15;1-12-9(11)6-7-4-2-3-5-8(7)10;9-7-4-2-1-3-6(7)5-8(10)11;1-3-5(6)4-2;1-2;2-1-4-3;2*1-2;;;;;;;;;1-5(2,3)4;/h4,6-9,12H,1,5,10H2,2-3H3;6,8-9,16H,3-5,7,10H2,1-2H3;4-6,8-9,16H,3,7,10H2,1-2H3;2*5,7-8,16H,2-4,6,9H2,1H3,(H,14,15);2-5,10H,6H2,1H3;1-4,9H,5H2,(H,10,11);3,5-6H,1,4H2,2H3;1-2H3;1,3H;2*2H,1H3;5*1H4;;;;(H2,1,2,3,4);1H2/q;;;;;;;;;;;;;;;;;3*+1;;/p-3/b;;5-4+;;;;;;;;;;;;;;;;;;;. The Balaban J connectivity index is -0.0000000925. The van der Waals surface area contributed by atoms with Gasteiger partial charge in [-0.25, -0.2) is 0 Å². The van der Waals surface area contributed by atoms with Crippen molar-refractivity contribution in [2.24, 2.45) is 0 Å². The van der Waals surface area contributed by atoms with Crippen LogP contribution in [0.2, 0.25) is 0 Å². The van der Waals surface area contributed by atoms with Gasteiger partial charge in [0.05, 0.1) is 73.1 Å². The van der Waals surface area contributed by atoms with Gasteiger partial charge < -0.3 is 105 Å². The number of hydrogen-bond acceptors (Lipinski definition) is 28. The molecule has 0 saturated heterocycles. The van der Waals surface area contributed by atoms with Crippen molar-refractivity contribution in [1.29, 1.82) is 0 Å². The number of carbonyl (C=O) groups is 8. The normalized spacial score (nSPS) is 9.41. The third-order valence-electron chi connectivity index (χ3n) is 16.6. The first kappa shape index (κ1) is 160. The summed E-state index contributed by atoms with van der Waals surface area (Å²) in [5.41, 5.74) is 7.49. The molecule has 0 bridgehead atoms. The summed E-state index contributed by atoms with van der Waals surface area (Å²) in [6.45, 7) is 23.3. The predicted molar refractivity (Wildman–Crippen MR) is 518 cm³/mol. The average Bonchev–Trinajstić information content (AvgIpc) is 1.02. The third-order valence-corrected chi connectivity index (χ3v) is 16.6. The third kappa shape index (κ3) is 86.0. The molecule has 758 valence electrons. The number of phenolic OH excluding ortho intramolecular Hbond substituents is 6. The van der Waals surface area contributed by atoms with E-state index in [-0.39, 0.29) is 243 Å². The molecule has 2 unspecified atom stereocenters. The van der Waals surface area contributed by atoms with Gasteiger partial charge in [0.1, 0.15) is 46.4 Å². The number of para-hydroxylation sites is 7. The maximum Gasteiger partial charge on any atom is 1.00 e. The number of aliphatic hydroxyl groups excluding tert-OH is 3. The van der Waals surface area contributed by atoms with Crippen molar-refractivity contribution < 1.29 is 234 Å². The van der Waals surface area contributed by atoms with Crippen LogP contribution in [0.1, 0.15) is 231 Å². The molecule has 0 heterocycles. The SMILES string of the molecule is C.C.C.C.C.C=CC(CC)Oc1ccccc1CC(=O)OC.C=CC(O)CC.CC.CC/C=C/Cc1cccc(CC(=O)OC)c1O.CCCCCc1cccc(CC(=O)O)c1O.CCCCCc1cccc(CC(=O)OC)c1O.CCCCCc1cccc(CC(=O)[O-])c1O.CO.CO.COC(=O)Cc1ccccc1O.O=C(O)Cc1ccccc1O.O=CO[O-].O=S(=O)(O)O.[Li+].[Na+].[Na+].[OH-]. The zero-order valence-electron chi connectivity index (χ0n) is 79.1.